The zero-order valence-electron chi connectivity index (χ0n) is 14.3. The van der Waals surface area contributed by atoms with Crippen LogP contribution in [-0.4, -0.2) is 9.97 Å². The third-order valence-electron chi connectivity index (χ3n) is 4.42. The largest absolute Gasteiger partial charge is 0.309 e. The Bertz CT molecular complexity index is 1060. The maximum atomic E-state index is 12.4. The highest BCUT2D eigenvalue weighted by molar-refractivity contribution is 7.10. The van der Waals surface area contributed by atoms with Crippen molar-refractivity contribution >= 4 is 22.2 Å². The van der Waals surface area contributed by atoms with Gasteiger partial charge in [-0.15, -0.1) is 11.3 Å². The van der Waals surface area contributed by atoms with Gasteiger partial charge < -0.3 is 4.98 Å². The number of hydrogen-bond donors (Lipinski definition) is 2. The van der Waals surface area contributed by atoms with Crippen molar-refractivity contribution in [3.8, 4) is 0 Å². The van der Waals surface area contributed by atoms with Gasteiger partial charge in [-0.05, 0) is 36.1 Å². The molecule has 4 rings (SSSR count). The van der Waals surface area contributed by atoms with Crippen LogP contribution < -0.4 is 10.9 Å². The summed E-state index contributed by atoms with van der Waals surface area (Å²) in [6.45, 7) is 2.02. The summed E-state index contributed by atoms with van der Waals surface area (Å²) in [6, 6.07) is 21.8. The first kappa shape index (κ1) is 16.7. The molecule has 0 bridgehead atoms. The van der Waals surface area contributed by atoms with E-state index in [9.17, 15) is 4.79 Å². The number of aromatic nitrogens is 2. The Labute approximate surface area is 155 Å². The molecule has 0 spiro atoms. The highest BCUT2D eigenvalue weighted by Gasteiger charge is 2.20. The average Bonchev–Trinajstić information content (AvgIpc) is 3.21. The van der Waals surface area contributed by atoms with Gasteiger partial charge in [-0.2, -0.15) is 0 Å². The van der Waals surface area contributed by atoms with Gasteiger partial charge in [-0.25, -0.2) is 4.98 Å². The quantitative estimate of drug-likeness (QED) is 0.553. The molecule has 4 nitrogen and oxygen atoms in total. The summed E-state index contributed by atoms with van der Waals surface area (Å²) < 4.78 is 0. The summed E-state index contributed by atoms with van der Waals surface area (Å²) >= 11 is 1.71. The van der Waals surface area contributed by atoms with Gasteiger partial charge in [0.2, 0.25) is 0 Å². The first-order valence-corrected chi connectivity index (χ1v) is 9.43. The molecule has 5 heteroatoms. The van der Waals surface area contributed by atoms with Crippen LogP contribution in [0.5, 0.6) is 0 Å². The highest BCUT2D eigenvalue weighted by Crippen LogP contribution is 2.28. The van der Waals surface area contributed by atoms with Gasteiger partial charge in [0.15, 0.2) is 0 Å². The maximum Gasteiger partial charge on any atom is 0.258 e. The number of para-hydroxylation sites is 1. The molecule has 2 N–H and O–H groups in total. The molecule has 0 saturated heterocycles. The lowest BCUT2D eigenvalue weighted by Crippen LogP contribution is -2.28. The fraction of sp³-hybridized carbons (Fsp3) is 0.143. The van der Waals surface area contributed by atoms with E-state index in [1.807, 2.05) is 43.3 Å². The minimum atomic E-state index is -0.111. The van der Waals surface area contributed by atoms with E-state index in [2.05, 4.69) is 44.9 Å². The number of benzene rings is 2. The molecule has 2 atom stereocenters. The van der Waals surface area contributed by atoms with E-state index in [0.717, 1.165) is 0 Å². The zero-order chi connectivity index (χ0) is 17.9. The van der Waals surface area contributed by atoms with Gasteiger partial charge in [0, 0.05) is 4.88 Å². The van der Waals surface area contributed by atoms with E-state index in [4.69, 9.17) is 0 Å². The number of hydrogen-bond acceptors (Lipinski definition) is 4. The van der Waals surface area contributed by atoms with Crippen molar-refractivity contribution in [1.82, 2.24) is 15.3 Å². The summed E-state index contributed by atoms with van der Waals surface area (Å²) in [4.78, 5) is 21.2. The number of fused-ring (bicyclic) bond motifs is 1. The molecule has 4 aromatic rings. The lowest BCUT2D eigenvalue weighted by atomic mass is 10.0. The van der Waals surface area contributed by atoms with E-state index in [0.29, 0.717) is 16.7 Å². The van der Waals surface area contributed by atoms with Crippen molar-refractivity contribution in [3.63, 3.8) is 0 Å². The Morgan fingerprint density at radius 1 is 1.00 bits per heavy atom. The molecular weight excluding hydrogens is 342 g/mol. The molecule has 0 amide bonds. The van der Waals surface area contributed by atoms with Gasteiger partial charge in [0.05, 0.1) is 23.0 Å². The van der Waals surface area contributed by atoms with Crippen LogP contribution in [0, 0.1) is 0 Å². The van der Waals surface area contributed by atoms with Gasteiger partial charge >= 0.3 is 0 Å². The second-order valence-corrected chi connectivity index (χ2v) is 7.20. The number of nitrogens with zero attached hydrogens (tertiary/aromatic N) is 1. The standard InChI is InChI=1S/C21H19N3OS/c1-14(20-23-17-11-6-5-10-16(17)21(25)24-20)22-19(18-12-7-13-26-18)15-8-3-2-4-9-15/h2-14,19,22H,1H3,(H,23,24,25)/t14-,19+/m1/s1. The molecule has 0 saturated carbocycles. The predicted molar refractivity (Wildman–Crippen MR) is 107 cm³/mol. The summed E-state index contributed by atoms with van der Waals surface area (Å²) in [5.41, 5.74) is 1.80. The lowest BCUT2D eigenvalue weighted by Gasteiger charge is -2.22. The first-order valence-electron chi connectivity index (χ1n) is 8.56. The Kier molecular flexibility index (Phi) is 4.65. The third kappa shape index (κ3) is 3.31. The van der Waals surface area contributed by atoms with Crippen LogP contribution in [0.2, 0.25) is 0 Å². The van der Waals surface area contributed by atoms with Gasteiger partial charge in [-0.3, -0.25) is 10.1 Å². The number of nitrogens with one attached hydrogen (secondary N) is 2. The Balaban J connectivity index is 1.69. The van der Waals surface area contributed by atoms with Crippen molar-refractivity contribution in [2.24, 2.45) is 0 Å². The monoisotopic (exact) mass is 361 g/mol. The summed E-state index contributed by atoms with van der Waals surface area (Å²) in [5.74, 6) is 0.645. The van der Waals surface area contributed by atoms with Gasteiger partial charge in [0.25, 0.3) is 5.56 Å². The zero-order valence-corrected chi connectivity index (χ0v) is 15.2. The molecule has 0 radical (unpaired) electrons. The van der Waals surface area contributed by atoms with E-state index >= 15 is 0 Å². The number of rotatable bonds is 5. The topological polar surface area (TPSA) is 57.8 Å². The normalized spacial score (nSPS) is 13.6. The van der Waals surface area contributed by atoms with Crippen molar-refractivity contribution in [2.45, 2.75) is 19.0 Å². The molecule has 0 aliphatic heterocycles. The van der Waals surface area contributed by atoms with Crippen molar-refractivity contribution in [1.29, 1.82) is 0 Å². The second-order valence-electron chi connectivity index (χ2n) is 6.22. The van der Waals surface area contributed by atoms with Crippen molar-refractivity contribution < 1.29 is 0 Å². The van der Waals surface area contributed by atoms with E-state index in [1.54, 1.807) is 17.4 Å². The molecule has 2 heterocycles. The molecule has 2 aromatic heterocycles. The molecule has 130 valence electrons. The second kappa shape index (κ2) is 7.23. The van der Waals surface area contributed by atoms with Crippen LogP contribution in [0.1, 0.15) is 35.3 Å². The molecule has 0 aliphatic carbocycles. The van der Waals surface area contributed by atoms with Crippen LogP contribution in [0.25, 0.3) is 10.9 Å². The molecule has 0 aliphatic rings. The third-order valence-corrected chi connectivity index (χ3v) is 5.36. The molecule has 2 aromatic carbocycles. The van der Waals surface area contributed by atoms with E-state index in [1.165, 1.54) is 10.4 Å². The number of thiophene rings is 1. The van der Waals surface area contributed by atoms with Crippen LogP contribution in [-0.2, 0) is 0 Å². The van der Waals surface area contributed by atoms with Crippen molar-refractivity contribution in [2.75, 3.05) is 0 Å². The molecule has 0 fully saturated rings. The minimum absolute atomic E-state index is 0.0444. The highest BCUT2D eigenvalue weighted by atomic mass is 32.1. The fourth-order valence-electron chi connectivity index (χ4n) is 3.08. The maximum absolute atomic E-state index is 12.4. The molecular formula is C21H19N3OS. The fourth-order valence-corrected chi connectivity index (χ4v) is 3.89. The Hall–Kier alpha value is -2.76. The van der Waals surface area contributed by atoms with Crippen LogP contribution in [0.4, 0.5) is 0 Å². The smallest absolute Gasteiger partial charge is 0.258 e. The molecule has 0 unspecified atom stereocenters. The predicted octanol–water partition coefficient (Wildman–Crippen LogP) is 4.42. The Morgan fingerprint density at radius 3 is 2.54 bits per heavy atom. The summed E-state index contributed by atoms with van der Waals surface area (Å²) in [5, 5.41) is 6.31. The Morgan fingerprint density at radius 2 is 1.77 bits per heavy atom. The number of H-pyrrole nitrogens is 1. The first-order chi connectivity index (χ1) is 12.7. The van der Waals surface area contributed by atoms with E-state index in [-0.39, 0.29) is 17.6 Å². The lowest BCUT2D eigenvalue weighted by molar-refractivity contribution is 0.500. The SMILES string of the molecule is C[C@@H](N[C@@H](c1ccccc1)c1cccs1)c1nc2ccccc2c(=O)[nH]1. The van der Waals surface area contributed by atoms with Crippen LogP contribution in [0.15, 0.2) is 76.9 Å². The van der Waals surface area contributed by atoms with Crippen molar-refractivity contribution in [3.05, 3.63) is 98.7 Å². The summed E-state index contributed by atoms with van der Waals surface area (Å²) in [7, 11) is 0. The molecule has 26 heavy (non-hydrogen) atoms. The average molecular weight is 361 g/mol. The van der Waals surface area contributed by atoms with Crippen LogP contribution >= 0.6 is 11.3 Å². The summed E-state index contributed by atoms with van der Waals surface area (Å²) in [6.07, 6.45) is 0. The van der Waals surface area contributed by atoms with Gasteiger partial charge in [-0.1, -0.05) is 48.5 Å². The number of aromatic amines is 1. The minimum Gasteiger partial charge on any atom is -0.309 e. The van der Waals surface area contributed by atoms with E-state index < -0.39 is 0 Å². The van der Waals surface area contributed by atoms with Crippen LogP contribution in [0.3, 0.4) is 0 Å². The van der Waals surface area contributed by atoms with Gasteiger partial charge in [0.1, 0.15) is 5.82 Å².